The van der Waals surface area contributed by atoms with Gasteiger partial charge in [-0.25, -0.2) is 8.42 Å². The van der Waals surface area contributed by atoms with Crippen molar-refractivity contribution in [2.45, 2.75) is 31.1 Å². The minimum atomic E-state index is -3.69. The summed E-state index contributed by atoms with van der Waals surface area (Å²) in [6, 6.07) is 16.6. The van der Waals surface area contributed by atoms with Gasteiger partial charge in [-0.15, -0.1) is 10.2 Å². The third-order valence-electron chi connectivity index (χ3n) is 4.11. The summed E-state index contributed by atoms with van der Waals surface area (Å²) in [5.41, 5.74) is 2.22. The van der Waals surface area contributed by atoms with Crippen molar-refractivity contribution in [2.24, 2.45) is 0 Å². The van der Waals surface area contributed by atoms with Crippen LogP contribution in [-0.2, 0) is 27.5 Å². The van der Waals surface area contributed by atoms with Crippen molar-refractivity contribution in [2.75, 3.05) is 11.1 Å². The van der Waals surface area contributed by atoms with Crippen LogP contribution >= 0.6 is 11.3 Å². The van der Waals surface area contributed by atoms with Gasteiger partial charge in [0.15, 0.2) is 9.84 Å². The van der Waals surface area contributed by atoms with E-state index in [4.69, 9.17) is 0 Å². The molecule has 28 heavy (non-hydrogen) atoms. The van der Waals surface area contributed by atoms with Gasteiger partial charge in [-0.2, -0.15) is 0 Å². The second-order valence-corrected chi connectivity index (χ2v) is 9.51. The lowest BCUT2D eigenvalue weighted by atomic mass is 10.1. The molecular formula is C20H21N3O3S2. The van der Waals surface area contributed by atoms with Crippen molar-refractivity contribution in [3.8, 4) is 0 Å². The standard InChI is InChI=1S/C20H21N3O3S2/c1-15-10-12-17(13-11-15)28(25,26)14-18(24)21-20-23-22-19(27-20)9-5-8-16-6-3-2-4-7-16/h2-4,6-7,10-13H,5,8-9,14H2,1H3,(H,21,23,24). The second-order valence-electron chi connectivity index (χ2n) is 6.46. The Kier molecular flexibility index (Phi) is 6.53. The lowest BCUT2D eigenvalue weighted by Crippen LogP contribution is -2.23. The maximum absolute atomic E-state index is 12.3. The maximum Gasteiger partial charge on any atom is 0.241 e. The van der Waals surface area contributed by atoms with E-state index in [0.29, 0.717) is 5.13 Å². The first kappa shape index (κ1) is 20.2. The van der Waals surface area contributed by atoms with Gasteiger partial charge in [-0.3, -0.25) is 10.1 Å². The number of hydrogen-bond donors (Lipinski definition) is 1. The fourth-order valence-electron chi connectivity index (χ4n) is 2.65. The molecule has 0 bridgehead atoms. The molecule has 0 saturated carbocycles. The molecule has 0 radical (unpaired) electrons. The SMILES string of the molecule is Cc1ccc(S(=O)(=O)CC(=O)Nc2nnc(CCCc3ccccc3)s2)cc1. The Morgan fingerprint density at radius 3 is 2.43 bits per heavy atom. The molecule has 0 aliphatic heterocycles. The van der Waals surface area contributed by atoms with Crippen LogP contribution in [0.1, 0.15) is 22.6 Å². The van der Waals surface area contributed by atoms with Crippen molar-refractivity contribution in [1.29, 1.82) is 0 Å². The number of rotatable bonds is 8. The first-order valence-electron chi connectivity index (χ1n) is 8.88. The Morgan fingerprint density at radius 2 is 1.71 bits per heavy atom. The first-order chi connectivity index (χ1) is 13.4. The quantitative estimate of drug-likeness (QED) is 0.609. The fourth-order valence-corrected chi connectivity index (χ4v) is 4.58. The summed E-state index contributed by atoms with van der Waals surface area (Å²) in [4.78, 5) is 12.3. The lowest BCUT2D eigenvalue weighted by molar-refractivity contribution is -0.113. The maximum atomic E-state index is 12.3. The van der Waals surface area contributed by atoms with E-state index < -0.39 is 21.5 Å². The molecule has 6 nitrogen and oxygen atoms in total. The molecule has 0 fully saturated rings. The van der Waals surface area contributed by atoms with Crippen LogP contribution in [0.4, 0.5) is 5.13 Å². The van der Waals surface area contributed by atoms with Gasteiger partial charge in [0, 0.05) is 6.42 Å². The zero-order valence-corrected chi connectivity index (χ0v) is 17.1. The van der Waals surface area contributed by atoms with Crippen molar-refractivity contribution in [1.82, 2.24) is 10.2 Å². The number of nitrogens with zero attached hydrogens (tertiary/aromatic N) is 2. The van der Waals surface area contributed by atoms with Gasteiger partial charge in [-0.1, -0.05) is 59.4 Å². The Bertz CT molecular complexity index is 1030. The Hall–Kier alpha value is -2.58. The average molecular weight is 416 g/mol. The van der Waals surface area contributed by atoms with Crippen LogP contribution in [0.3, 0.4) is 0 Å². The van der Waals surface area contributed by atoms with Crippen LogP contribution < -0.4 is 5.32 Å². The van der Waals surface area contributed by atoms with E-state index in [1.165, 1.54) is 29.0 Å². The molecule has 146 valence electrons. The number of amides is 1. The monoisotopic (exact) mass is 415 g/mol. The van der Waals surface area contributed by atoms with Crippen LogP contribution in [0.25, 0.3) is 0 Å². The molecule has 3 aromatic rings. The van der Waals surface area contributed by atoms with Crippen LogP contribution in [0.2, 0.25) is 0 Å². The number of sulfone groups is 1. The molecule has 2 aromatic carbocycles. The van der Waals surface area contributed by atoms with Crippen LogP contribution in [0.5, 0.6) is 0 Å². The summed E-state index contributed by atoms with van der Waals surface area (Å²) in [5.74, 6) is -1.24. The zero-order chi connectivity index (χ0) is 20.0. The molecule has 0 aliphatic carbocycles. The molecule has 1 aromatic heterocycles. The number of hydrogen-bond acceptors (Lipinski definition) is 6. The van der Waals surface area contributed by atoms with E-state index in [1.54, 1.807) is 12.1 Å². The van der Waals surface area contributed by atoms with Gasteiger partial charge in [0.1, 0.15) is 10.8 Å². The molecular weight excluding hydrogens is 394 g/mol. The molecule has 0 unspecified atom stereocenters. The number of benzene rings is 2. The Morgan fingerprint density at radius 1 is 1.00 bits per heavy atom. The van der Waals surface area contributed by atoms with Crippen molar-refractivity contribution in [3.63, 3.8) is 0 Å². The summed E-state index contributed by atoms with van der Waals surface area (Å²) < 4.78 is 24.7. The van der Waals surface area contributed by atoms with Gasteiger partial charge in [0.2, 0.25) is 11.0 Å². The third-order valence-corrected chi connectivity index (χ3v) is 6.64. The topological polar surface area (TPSA) is 89.0 Å². The number of carbonyl (C=O) groups excluding carboxylic acids is 1. The first-order valence-corrected chi connectivity index (χ1v) is 11.3. The van der Waals surface area contributed by atoms with Gasteiger partial charge < -0.3 is 0 Å². The molecule has 1 N–H and O–H groups in total. The highest BCUT2D eigenvalue weighted by molar-refractivity contribution is 7.92. The minimum Gasteiger partial charge on any atom is -0.300 e. The fraction of sp³-hybridized carbons (Fsp3) is 0.250. The zero-order valence-electron chi connectivity index (χ0n) is 15.5. The number of carbonyl (C=O) groups is 1. The van der Waals surface area contributed by atoms with Gasteiger partial charge in [0.05, 0.1) is 4.90 Å². The summed E-state index contributed by atoms with van der Waals surface area (Å²) in [5, 5.41) is 11.7. The lowest BCUT2D eigenvalue weighted by Gasteiger charge is -2.04. The summed E-state index contributed by atoms with van der Waals surface area (Å²) in [6.45, 7) is 1.87. The Balaban J connectivity index is 1.51. The molecule has 0 atom stereocenters. The predicted octanol–water partition coefficient (Wildman–Crippen LogP) is 3.43. The summed E-state index contributed by atoms with van der Waals surface area (Å²) >= 11 is 1.27. The molecule has 0 spiro atoms. The normalized spacial score (nSPS) is 11.3. The highest BCUT2D eigenvalue weighted by Crippen LogP contribution is 2.18. The van der Waals surface area contributed by atoms with Gasteiger partial charge in [-0.05, 0) is 37.5 Å². The van der Waals surface area contributed by atoms with E-state index in [0.717, 1.165) is 29.8 Å². The summed E-state index contributed by atoms with van der Waals surface area (Å²) in [7, 11) is -3.69. The second kappa shape index (κ2) is 9.07. The summed E-state index contributed by atoms with van der Waals surface area (Å²) in [6.07, 6.45) is 2.62. The molecule has 0 saturated heterocycles. The predicted molar refractivity (Wildman–Crippen MR) is 110 cm³/mol. The third kappa shape index (κ3) is 5.71. The van der Waals surface area contributed by atoms with E-state index in [1.807, 2.05) is 25.1 Å². The highest BCUT2D eigenvalue weighted by atomic mass is 32.2. The average Bonchev–Trinajstić information content (AvgIpc) is 3.09. The number of nitrogens with one attached hydrogen (secondary N) is 1. The van der Waals surface area contributed by atoms with Crippen molar-refractivity contribution < 1.29 is 13.2 Å². The number of aromatic nitrogens is 2. The van der Waals surface area contributed by atoms with E-state index in [9.17, 15) is 13.2 Å². The van der Waals surface area contributed by atoms with E-state index in [-0.39, 0.29) is 4.90 Å². The van der Waals surface area contributed by atoms with E-state index >= 15 is 0 Å². The molecule has 3 rings (SSSR count). The molecule has 8 heteroatoms. The highest BCUT2D eigenvalue weighted by Gasteiger charge is 2.20. The molecule has 1 amide bonds. The number of aryl methyl sites for hydroxylation is 3. The van der Waals surface area contributed by atoms with Crippen LogP contribution in [-0.4, -0.2) is 30.3 Å². The van der Waals surface area contributed by atoms with Gasteiger partial charge >= 0.3 is 0 Å². The van der Waals surface area contributed by atoms with E-state index in [2.05, 4.69) is 27.6 Å². The van der Waals surface area contributed by atoms with Crippen LogP contribution in [0, 0.1) is 6.92 Å². The van der Waals surface area contributed by atoms with Crippen LogP contribution in [0.15, 0.2) is 59.5 Å². The Labute approximate surface area is 168 Å². The number of anilines is 1. The molecule has 0 aliphatic rings. The largest absolute Gasteiger partial charge is 0.300 e. The van der Waals surface area contributed by atoms with Gasteiger partial charge in [0.25, 0.3) is 0 Å². The molecule has 1 heterocycles. The van der Waals surface area contributed by atoms with Crippen molar-refractivity contribution in [3.05, 3.63) is 70.7 Å². The smallest absolute Gasteiger partial charge is 0.241 e. The van der Waals surface area contributed by atoms with Crippen molar-refractivity contribution >= 4 is 32.2 Å². The minimum absolute atomic E-state index is 0.132.